The molecule has 0 amide bonds. The van der Waals surface area contributed by atoms with Crippen LogP contribution >= 0.6 is 15.9 Å². The van der Waals surface area contributed by atoms with E-state index in [9.17, 15) is 4.39 Å². The van der Waals surface area contributed by atoms with E-state index in [2.05, 4.69) is 30.9 Å². The van der Waals surface area contributed by atoms with Gasteiger partial charge in [-0.05, 0) is 41.9 Å². The second kappa shape index (κ2) is 6.00. The van der Waals surface area contributed by atoms with Crippen LogP contribution in [0.5, 0.6) is 17.8 Å². The first kappa shape index (κ1) is 14.4. The van der Waals surface area contributed by atoms with E-state index in [1.165, 1.54) is 18.2 Å². The molecule has 0 atom stereocenters. The van der Waals surface area contributed by atoms with Gasteiger partial charge in [-0.3, -0.25) is 0 Å². The molecule has 2 N–H and O–H groups in total. The zero-order chi connectivity index (χ0) is 14.7. The maximum absolute atomic E-state index is 13.2. The van der Waals surface area contributed by atoms with Gasteiger partial charge in [0.05, 0.1) is 10.6 Å². The van der Waals surface area contributed by atoms with Crippen molar-refractivity contribution in [2.45, 2.75) is 20.0 Å². The van der Waals surface area contributed by atoms with Crippen LogP contribution in [0.2, 0.25) is 0 Å². The smallest absolute Gasteiger partial charge is 0.330 e. The van der Waals surface area contributed by atoms with Crippen LogP contribution in [0.1, 0.15) is 13.8 Å². The molecule has 1 aromatic carbocycles. The topological polar surface area (TPSA) is 83.2 Å². The van der Waals surface area contributed by atoms with E-state index in [1.807, 2.05) is 13.8 Å². The summed E-state index contributed by atoms with van der Waals surface area (Å²) >= 11 is 3.24. The molecular formula is C12H12BrFN4O2. The Morgan fingerprint density at radius 3 is 2.60 bits per heavy atom. The van der Waals surface area contributed by atoms with Gasteiger partial charge >= 0.3 is 12.0 Å². The zero-order valence-corrected chi connectivity index (χ0v) is 12.4. The van der Waals surface area contributed by atoms with Crippen molar-refractivity contribution in [2.75, 3.05) is 5.73 Å². The van der Waals surface area contributed by atoms with Crippen LogP contribution in [-0.4, -0.2) is 21.1 Å². The minimum Gasteiger partial charge on any atom is -0.461 e. The summed E-state index contributed by atoms with van der Waals surface area (Å²) < 4.78 is 24.4. The lowest BCUT2D eigenvalue weighted by Crippen LogP contribution is -2.11. The molecule has 0 spiro atoms. The Kier molecular flexibility index (Phi) is 4.33. The van der Waals surface area contributed by atoms with Crippen LogP contribution in [-0.2, 0) is 0 Å². The van der Waals surface area contributed by atoms with Gasteiger partial charge in [0, 0.05) is 6.07 Å². The molecule has 0 saturated heterocycles. The Bertz CT molecular complexity index is 624. The average molecular weight is 343 g/mol. The van der Waals surface area contributed by atoms with Crippen molar-refractivity contribution >= 4 is 21.9 Å². The number of halogens is 2. The number of ether oxygens (including phenoxy) is 2. The van der Waals surface area contributed by atoms with Crippen molar-refractivity contribution in [1.29, 1.82) is 0 Å². The standard InChI is InChI=1S/C12H12BrFN4O2/c1-6(2)19-11-16-10(15)17-12(18-11)20-9-5-7(14)3-4-8(9)13/h3-6H,1-2H3,(H2,15,16,17,18). The number of anilines is 1. The molecule has 106 valence electrons. The highest BCUT2D eigenvalue weighted by Crippen LogP contribution is 2.29. The van der Waals surface area contributed by atoms with Gasteiger partial charge in [0.15, 0.2) is 0 Å². The predicted octanol–water partition coefficient (Wildman–Crippen LogP) is 2.93. The molecule has 0 aliphatic rings. The van der Waals surface area contributed by atoms with Gasteiger partial charge < -0.3 is 15.2 Å². The molecule has 0 saturated carbocycles. The number of rotatable bonds is 4. The Balaban J connectivity index is 2.28. The Morgan fingerprint density at radius 2 is 1.90 bits per heavy atom. The molecule has 1 aromatic heterocycles. The lowest BCUT2D eigenvalue weighted by Gasteiger charge is -2.10. The van der Waals surface area contributed by atoms with E-state index >= 15 is 0 Å². The number of hydrogen-bond acceptors (Lipinski definition) is 6. The van der Waals surface area contributed by atoms with Gasteiger partial charge in [-0.15, -0.1) is 4.98 Å². The third kappa shape index (κ3) is 3.77. The molecule has 2 rings (SSSR count). The number of aromatic nitrogens is 3. The summed E-state index contributed by atoms with van der Waals surface area (Å²) in [5, 5.41) is 0. The summed E-state index contributed by atoms with van der Waals surface area (Å²) in [6, 6.07) is 3.99. The SMILES string of the molecule is CC(C)Oc1nc(N)nc(Oc2cc(F)ccc2Br)n1. The fraction of sp³-hybridized carbons (Fsp3) is 0.250. The molecular weight excluding hydrogens is 331 g/mol. The number of benzene rings is 1. The third-order valence-electron chi connectivity index (χ3n) is 2.05. The van der Waals surface area contributed by atoms with Crippen LogP contribution in [0, 0.1) is 5.82 Å². The molecule has 0 bridgehead atoms. The maximum atomic E-state index is 13.2. The van der Waals surface area contributed by atoms with Crippen LogP contribution in [0.4, 0.5) is 10.3 Å². The second-order valence-electron chi connectivity index (χ2n) is 4.10. The molecule has 1 heterocycles. The van der Waals surface area contributed by atoms with Crippen LogP contribution in [0.3, 0.4) is 0 Å². The summed E-state index contributed by atoms with van der Waals surface area (Å²) in [5.41, 5.74) is 5.55. The number of nitrogens with two attached hydrogens (primary N) is 1. The van der Waals surface area contributed by atoms with Crippen molar-refractivity contribution in [3.63, 3.8) is 0 Å². The normalized spacial score (nSPS) is 10.7. The second-order valence-corrected chi connectivity index (χ2v) is 4.96. The highest BCUT2D eigenvalue weighted by Gasteiger charge is 2.11. The highest BCUT2D eigenvalue weighted by atomic mass is 79.9. The number of hydrogen-bond donors (Lipinski definition) is 1. The minimum absolute atomic E-state index is 0.0434. The van der Waals surface area contributed by atoms with Gasteiger partial charge in [0.1, 0.15) is 11.6 Å². The predicted molar refractivity (Wildman–Crippen MR) is 74.2 cm³/mol. The van der Waals surface area contributed by atoms with Gasteiger partial charge in [-0.1, -0.05) is 0 Å². The van der Waals surface area contributed by atoms with Gasteiger partial charge in [-0.25, -0.2) is 4.39 Å². The highest BCUT2D eigenvalue weighted by molar-refractivity contribution is 9.10. The monoisotopic (exact) mass is 342 g/mol. The summed E-state index contributed by atoms with van der Waals surface area (Å²) in [7, 11) is 0. The number of nitrogen functional groups attached to an aromatic ring is 1. The largest absolute Gasteiger partial charge is 0.461 e. The lowest BCUT2D eigenvalue weighted by atomic mass is 10.3. The van der Waals surface area contributed by atoms with E-state index < -0.39 is 5.82 Å². The number of nitrogens with zero attached hydrogens (tertiary/aromatic N) is 3. The Hall–Kier alpha value is -1.96. The first-order valence-corrected chi connectivity index (χ1v) is 6.54. The zero-order valence-electron chi connectivity index (χ0n) is 10.8. The van der Waals surface area contributed by atoms with Gasteiger partial charge in [0.2, 0.25) is 5.95 Å². The molecule has 0 unspecified atom stereocenters. The van der Waals surface area contributed by atoms with Crippen LogP contribution < -0.4 is 15.2 Å². The van der Waals surface area contributed by atoms with Crippen LogP contribution in [0.25, 0.3) is 0 Å². The van der Waals surface area contributed by atoms with Crippen molar-refractivity contribution in [2.24, 2.45) is 0 Å². The van der Waals surface area contributed by atoms with Gasteiger partial charge in [0.25, 0.3) is 0 Å². The first-order chi connectivity index (χ1) is 9.44. The molecule has 0 radical (unpaired) electrons. The van der Waals surface area contributed by atoms with Crippen molar-refractivity contribution in [3.05, 3.63) is 28.5 Å². The van der Waals surface area contributed by atoms with Crippen molar-refractivity contribution in [1.82, 2.24) is 15.0 Å². The summed E-state index contributed by atoms with van der Waals surface area (Å²) in [6.07, 6.45) is -0.120. The lowest BCUT2D eigenvalue weighted by molar-refractivity contribution is 0.218. The molecule has 8 heteroatoms. The van der Waals surface area contributed by atoms with E-state index in [0.29, 0.717) is 4.47 Å². The van der Waals surface area contributed by atoms with E-state index in [-0.39, 0.29) is 29.8 Å². The third-order valence-corrected chi connectivity index (χ3v) is 2.70. The maximum Gasteiger partial charge on any atom is 0.330 e. The van der Waals surface area contributed by atoms with Crippen LogP contribution in [0.15, 0.2) is 22.7 Å². The molecule has 20 heavy (non-hydrogen) atoms. The Morgan fingerprint density at radius 1 is 1.20 bits per heavy atom. The molecule has 0 aliphatic carbocycles. The molecule has 0 fully saturated rings. The average Bonchev–Trinajstić information content (AvgIpc) is 2.32. The molecule has 2 aromatic rings. The molecule has 0 aliphatic heterocycles. The van der Waals surface area contributed by atoms with Gasteiger partial charge in [-0.2, -0.15) is 9.97 Å². The first-order valence-electron chi connectivity index (χ1n) is 5.75. The summed E-state index contributed by atoms with van der Waals surface area (Å²) in [6.45, 7) is 3.65. The summed E-state index contributed by atoms with van der Waals surface area (Å²) in [4.78, 5) is 11.6. The van der Waals surface area contributed by atoms with E-state index in [1.54, 1.807) is 0 Å². The fourth-order valence-corrected chi connectivity index (χ4v) is 1.64. The summed E-state index contributed by atoms with van der Waals surface area (Å²) in [5.74, 6) is -0.256. The minimum atomic E-state index is -0.441. The fourth-order valence-electron chi connectivity index (χ4n) is 1.32. The Labute approximate surface area is 123 Å². The molecule has 6 nitrogen and oxygen atoms in total. The van der Waals surface area contributed by atoms with Crippen molar-refractivity contribution in [3.8, 4) is 17.8 Å². The van der Waals surface area contributed by atoms with E-state index in [0.717, 1.165) is 0 Å². The van der Waals surface area contributed by atoms with Crippen molar-refractivity contribution < 1.29 is 13.9 Å². The van der Waals surface area contributed by atoms with E-state index in [4.69, 9.17) is 15.2 Å². The quantitative estimate of drug-likeness (QED) is 0.919.